The predicted molar refractivity (Wildman–Crippen MR) is 73.8 cm³/mol. The van der Waals surface area contributed by atoms with Crippen molar-refractivity contribution in [3.05, 3.63) is 29.8 Å². The van der Waals surface area contributed by atoms with E-state index in [4.69, 9.17) is 13.7 Å². The molecule has 0 bridgehead atoms. The van der Waals surface area contributed by atoms with Gasteiger partial charge in [-0.15, -0.1) is 0 Å². The maximum absolute atomic E-state index is 12.0. The Bertz CT molecular complexity index is 537. The smallest absolute Gasteiger partial charge is 0.297 e. The van der Waals surface area contributed by atoms with Gasteiger partial charge in [-0.25, -0.2) is 0 Å². The molecule has 1 aromatic rings. The SMILES string of the molecule is Cc1ccc(S(=O)(=O)OCC2OCC(C)(C)CO2)cc1. The molecule has 1 aromatic carbocycles. The molecule has 0 amide bonds. The third-order valence-corrected chi connectivity index (χ3v) is 4.28. The lowest BCUT2D eigenvalue weighted by Gasteiger charge is -2.34. The minimum Gasteiger partial charge on any atom is -0.350 e. The largest absolute Gasteiger partial charge is 0.350 e. The number of ether oxygens (including phenoxy) is 2. The van der Waals surface area contributed by atoms with Crippen LogP contribution >= 0.6 is 0 Å². The second-order valence-corrected chi connectivity index (χ2v) is 7.38. The monoisotopic (exact) mass is 300 g/mol. The van der Waals surface area contributed by atoms with Gasteiger partial charge in [-0.05, 0) is 19.1 Å². The van der Waals surface area contributed by atoms with Crippen molar-refractivity contribution >= 4 is 10.1 Å². The number of hydrogen-bond acceptors (Lipinski definition) is 5. The summed E-state index contributed by atoms with van der Waals surface area (Å²) in [6, 6.07) is 6.51. The van der Waals surface area contributed by atoms with Crippen LogP contribution in [-0.4, -0.2) is 34.5 Å². The first kappa shape index (κ1) is 15.4. The van der Waals surface area contributed by atoms with E-state index in [1.54, 1.807) is 12.1 Å². The summed E-state index contributed by atoms with van der Waals surface area (Å²) in [7, 11) is -3.77. The normalized spacial score (nSPS) is 19.9. The molecule has 1 aliphatic heterocycles. The second-order valence-electron chi connectivity index (χ2n) is 5.77. The first-order chi connectivity index (χ1) is 9.28. The molecule has 0 atom stereocenters. The van der Waals surface area contributed by atoms with E-state index >= 15 is 0 Å². The van der Waals surface area contributed by atoms with Crippen LogP contribution in [0, 0.1) is 12.3 Å². The fraction of sp³-hybridized carbons (Fsp3) is 0.571. The molecule has 0 spiro atoms. The summed E-state index contributed by atoms with van der Waals surface area (Å²) in [5, 5.41) is 0. The van der Waals surface area contributed by atoms with E-state index in [1.165, 1.54) is 12.1 Å². The van der Waals surface area contributed by atoms with Crippen molar-refractivity contribution in [3.8, 4) is 0 Å². The molecular formula is C14H20O5S. The zero-order valence-corrected chi connectivity index (χ0v) is 12.8. The van der Waals surface area contributed by atoms with Crippen molar-refractivity contribution in [1.29, 1.82) is 0 Å². The first-order valence-electron chi connectivity index (χ1n) is 6.48. The molecule has 0 aromatic heterocycles. The van der Waals surface area contributed by atoms with Gasteiger partial charge < -0.3 is 9.47 Å². The average molecular weight is 300 g/mol. The van der Waals surface area contributed by atoms with E-state index in [0.29, 0.717) is 13.2 Å². The zero-order chi connectivity index (χ0) is 14.8. The van der Waals surface area contributed by atoms with Crippen molar-refractivity contribution in [3.63, 3.8) is 0 Å². The van der Waals surface area contributed by atoms with Crippen LogP contribution in [-0.2, 0) is 23.8 Å². The summed E-state index contributed by atoms with van der Waals surface area (Å²) >= 11 is 0. The Balaban J connectivity index is 1.92. The van der Waals surface area contributed by atoms with Gasteiger partial charge in [0.05, 0.1) is 18.1 Å². The van der Waals surface area contributed by atoms with Gasteiger partial charge in [-0.3, -0.25) is 4.18 Å². The van der Waals surface area contributed by atoms with Gasteiger partial charge in [0.2, 0.25) is 0 Å². The standard InChI is InChI=1S/C14H20O5S/c1-11-4-6-12(7-5-11)20(15,16)19-8-13-17-9-14(2,3)10-18-13/h4-7,13H,8-10H2,1-3H3. The van der Waals surface area contributed by atoms with Crippen LogP contribution in [0.5, 0.6) is 0 Å². The fourth-order valence-corrected chi connectivity index (χ4v) is 2.64. The van der Waals surface area contributed by atoms with Crippen LogP contribution in [0.4, 0.5) is 0 Å². The molecule has 112 valence electrons. The Morgan fingerprint density at radius 2 is 1.75 bits per heavy atom. The Hall–Kier alpha value is -0.950. The topological polar surface area (TPSA) is 61.8 Å². The van der Waals surface area contributed by atoms with Crippen LogP contribution in [0.3, 0.4) is 0 Å². The summed E-state index contributed by atoms with van der Waals surface area (Å²) in [5.74, 6) is 0. The van der Waals surface area contributed by atoms with Crippen molar-refractivity contribution in [2.45, 2.75) is 32.0 Å². The van der Waals surface area contributed by atoms with Crippen molar-refractivity contribution in [1.82, 2.24) is 0 Å². The molecule has 1 saturated heterocycles. The Morgan fingerprint density at radius 3 is 2.30 bits per heavy atom. The quantitative estimate of drug-likeness (QED) is 0.797. The maximum Gasteiger partial charge on any atom is 0.297 e. The lowest BCUT2D eigenvalue weighted by molar-refractivity contribution is -0.230. The molecule has 20 heavy (non-hydrogen) atoms. The molecule has 0 saturated carbocycles. The van der Waals surface area contributed by atoms with E-state index in [1.807, 2.05) is 20.8 Å². The van der Waals surface area contributed by atoms with E-state index in [-0.39, 0.29) is 16.9 Å². The summed E-state index contributed by atoms with van der Waals surface area (Å²) < 4.78 is 39.8. The zero-order valence-electron chi connectivity index (χ0n) is 12.0. The number of hydrogen-bond donors (Lipinski definition) is 0. The Morgan fingerprint density at radius 1 is 1.20 bits per heavy atom. The van der Waals surface area contributed by atoms with Gasteiger partial charge in [0, 0.05) is 5.41 Å². The molecule has 1 fully saturated rings. The molecule has 0 unspecified atom stereocenters. The highest BCUT2D eigenvalue weighted by Gasteiger charge is 2.29. The van der Waals surface area contributed by atoms with E-state index in [2.05, 4.69) is 0 Å². The first-order valence-corrected chi connectivity index (χ1v) is 7.89. The minimum atomic E-state index is -3.77. The van der Waals surface area contributed by atoms with Crippen LogP contribution in [0.2, 0.25) is 0 Å². The van der Waals surface area contributed by atoms with Crippen molar-refractivity contribution in [2.75, 3.05) is 19.8 Å². The predicted octanol–water partition coefficient (Wildman–Crippen LogP) is 2.10. The van der Waals surface area contributed by atoms with Gasteiger partial charge >= 0.3 is 0 Å². The molecule has 0 aliphatic carbocycles. The lowest BCUT2D eigenvalue weighted by Crippen LogP contribution is -2.40. The molecule has 2 rings (SSSR count). The van der Waals surface area contributed by atoms with Gasteiger partial charge in [0.25, 0.3) is 10.1 Å². The minimum absolute atomic E-state index is 0.0493. The number of rotatable bonds is 4. The summed E-state index contributed by atoms with van der Waals surface area (Å²) in [6.07, 6.45) is -0.636. The highest BCUT2D eigenvalue weighted by molar-refractivity contribution is 7.86. The second kappa shape index (κ2) is 5.81. The van der Waals surface area contributed by atoms with Gasteiger partial charge in [-0.2, -0.15) is 8.42 Å². The number of benzene rings is 1. The highest BCUT2D eigenvalue weighted by atomic mass is 32.2. The van der Waals surface area contributed by atoms with Gasteiger partial charge in [-0.1, -0.05) is 31.5 Å². The lowest BCUT2D eigenvalue weighted by atomic mass is 9.96. The van der Waals surface area contributed by atoms with E-state index < -0.39 is 16.4 Å². The molecule has 0 radical (unpaired) electrons. The van der Waals surface area contributed by atoms with Gasteiger partial charge in [0.15, 0.2) is 6.29 Å². The van der Waals surface area contributed by atoms with E-state index in [0.717, 1.165) is 5.56 Å². The Kier molecular flexibility index (Phi) is 4.49. The van der Waals surface area contributed by atoms with Crippen molar-refractivity contribution in [2.24, 2.45) is 5.41 Å². The molecular weight excluding hydrogens is 280 g/mol. The fourth-order valence-electron chi connectivity index (χ4n) is 1.74. The molecule has 0 N–H and O–H groups in total. The summed E-state index contributed by atoms with van der Waals surface area (Å²) in [6.45, 7) is 6.84. The van der Waals surface area contributed by atoms with Gasteiger partial charge in [0.1, 0.15) is 6.61 Å². The van der Waals surface area contributed by atoms with Crippen LogP contribution in [0.25, 0.3) is 0 Å². The Labute approximate surface area is 120 Å². The average Bonchev–Trinajstić information content (AvgIpc) is 2.38. The van der Waals surface area contributed by atoms with E-state index in [9.17, 15) is 8.42 Å². The molecule has 5 nitrogen and oxygen atoms in total. The maximum atomic E-state index is 12.0. The summed E-state index contributed by atoms with van der Waals surface area (Å²) in [5.41, 5.74) is 0.942. The highest BCUT2D eigenvalue weighted by Crippen LogP contribution is 2.23. The summed E-state index contributed by atoms with van der Waals surface area (Å²) in [4.78, 5) is 0.138. The van der Waals surface area contributed by atoms with Crippen LogP contribution in [0.15, 0.2) is 29.2 Å². The van der Waals surface area contributed by atoms with Crippen molar-refractivity contribution < 1.29 is 22.1 Å². The molecule has 1 aliphatic rings. The van der Waals surface area contributed by atoms with Crippen LogP contribution in [0.1, 0.15) is 19.4 Å². The molecule has 1 heterocycles. The van der Waals surface area contributed by atoms with Crippen LogP contribution < -0.4 is 0 Å². The molecule has 6 heteroatoms. The third-order valence-electron chi connectivity index (χ3n) is 2.99. The number of aryl methyl sites for hydroxylation is 1. The third kappa shape index (κ3) is 4.02.